The molecule has 7 nitrogen and oxygen atoms in total. The zero-order valence-corrected chi connectivity index (χ0v) is 12.6. The predicted octanol–water partition coefficient (Wildman–Crippen LogP) is 0.999. The number of aromatic amines is 2. The van der Waals surface area contributed by atoms with E-state index in [2.05, 4.69) is 25.5 Å². The van der Waals surface area contributed by atoms with Crippen LogP contribution in [-0.2, 0) is 17.6 Å². The van der Waals surface area contributed by atoms with Gasteiger partial charge in [-0.05, 0) is 12.1 Å². The highest BCUT2D eigenvalue weighted by Gasteiger charge is 2.06. The average Bonchev–Trinajstić information content (AvgIpc) is 3.10. The lowest BCUT2D eigenvalue weighted by Crippen LogP contribution is -2.26. The molecule has 0 bridgehead atoms. The van der Waals surface area contributed by atoms with E-state index in [1.54, 1.807) is 11.3 Å². The summed E-state index contributed by atoms with van der Waals surface area (Å²) in [7, 11) is 0. The second-order valence-corrected chi connectivity index (χ2v) is 5.91. The average molecular weight is 317 g/mol. The topological polar surface area (TPSA) is 104 Å². The summed E-state index contributed by atoms with van der Waals surface area (Å²) in [6, 6.07) is 7.98. The molecule has 3 rings (SSSR count). The Labute approximate surface area is 129 Å². The van der Waals surface area contributed by atoms with Crippen molar-refractivity contribution in [3.8, 4) is 0 Å². The first-order valence-corrected chi connectivity index (χ1v) is 7.77. The number of fused-ring (bicyclic) bond motifs is 1. The number of carbonyl (C=O) groups excluding carboxylic acids is 1. The molecule has 0 aliphatic heterocycles. The van der Waals surface area contributed by atoms with E-state index < -0.39 is 0 Å². The maximum atomic E-state index is 11.7. The molecule has 0 aliphatic rings. The van der Waals surface area contributed by atoms with Gasteiger partial charge in [-0.15, -0.1) is 11.3 Å². The van der Waals surface area contributed by atoms with E-state index in [0.29, 0.717) is 31.6 Å². The highest BCUT2D eigenvalue weighted by molar-refractivity contribution is 7.18. The summed E-state index contributed by atoms with van der Waals surface area (Å²) < 4.78 is 1.16. The van der Waals surface area contributed by atoms with E-state index >= 15 is 0 Å². The van der Waals surface area contributed by atoms with Crippen LogP contribution in [0, 0.1) is 0 Å². The van der Waals surface area contributed by atoms with Gasteiger partial charge in [-0.25, -0.2) is 14.9 Å². The molecule has 8 heteroatoms. The van der Waals surface area contributed by atoms with E-state index in [9.17, 15) is 9.59 Å². The largest absolute Gasteiger partial charge is 0.356 e. The minimum absolute atomic E-state index is 0.0649. The molecule has 1 aromatic carbocycles. The number of carbonyl (C=O) groups is 1. The molecule has 3 aromatic rings. The normalized spacial score (nSPS) is 10.9. The number of hydrogen-bond donors (Lipinski definition) is 3. The first-order chi connectivity index (χ1) is 10.7. The number of aromatic nitrogens is 4. The van der Waals surface area contributed by atoms with E-state index in [4.69, 9.17) is 0 Å². The number of aryl methyl sites for hydroxylation is 1. The lowest BCUT2D eigenvalue weighted by molar-refractivity contribution is -0.121. The second-order valence-electron chi connectivity index (χ2n) is 4.80. The van der Waals surface area contributed by atoms with Gasteiger partial charge >= 0.3 is 5.69 Å². The van der Waals surface area contributed by atoms with Crippen molar-refractivity contribution in [3.63, 3.8) is 0 Å². The van der Waals surface area contributed by atoms with Gasteiger partial charge in [0, 0.05) is 25.8 Å². The Morgan fingerprint density at radius 3 is 2.91 bits per heavy atom. The Morgan fingerprint density at radius 1 is 1.27 bits per heavy atom. The Morgan fingerprint density at radius 2 is 2.14 bits per heavy atom. The zero-order chi connectivity index (χ0) is 15.4. The molecule has 2 aromatic heterocycles. The summed E-state index contributed by atoms with van der Waals surface area (Å²) in [5, 5.41) is 9.89. The third-order valence-corrected chi connectivity index (χ3v) is 4.23. The number of benzene rings is 1. The van der Waals surface area contributed by atoms with Crippen molar-refractivity contribution in [3.05, 3.63) is 45.6 Å². The maximum Gasteiger partial charge on any atom is 0.340 e. The van der Waals surface area contributed by atoms with Crippen molar-refractivity contribution >= 4 is 27.5 Å². The van der Waals surface area contributed by atoms with Gasteiger partial charge in [0.25, 0.3) is 0 Å². The molecular formula is C14H15N5O2S. The predicted molar refractivity (Wildman–Crippen MR) is 83.9 cm³/mol. The molecule has 22 heavy (non-hydrogen) atoms. The van der Waals surface area contributed by atoms with E-state index in [1.165, 1.54) is 0 Å². The lowest BCUT2D eigenvalue weighted by atomic mass is 10.3. The van der Waals surface area contributed by atoms with Gasteiger partial charge in [0.05, 0.1) is 15.2 Å². The number of nitrogens with one attached hydrogen (secondary N) is 3. The number of thiazole rings is 1. The molecule has 3 N–H and O–H groups in total. The molecule has 114 valence electrons. The summed E-state index contributed by atoms with van der Waals surface area (Å²) in [5.74, 6) is 0.427. The highest BCUT2D eigenvalue weighted by atomic mass is 32.1. The lowest BCUT2D eigenvalue weighted by Gasteiger charge is -2.02. The standard InChI is InChI=1S/C14H15N5O2S/c20-12(6-5-11-17-14(21)19-18-11)15-8-7-13-16-9-3-1-2-4-10(9)22-13/h1-4H,5-8H2,(H,15,20)(H2,17,18,19,21). The van der Waals surface area contributed by atoms with Crippen LogP contribution in [0.15, 0.2) is 29.1 Å². The van der Waals surface area contributed by atoms with Crippen molar-refractivity contribution in [1.82, 2.24) is 25.5 Å². The van der Waals surface area contributed by atoms with Crippen molar-refractivity contribution in [2.24, 2.45) is 0 Å². The van der Waals surface area contributed by atoms with Crippen LogP contribution in [0.4, 0.5) is 0 Å². The number of nitrogens with zero attached hydrogens (tertiary/aromatic N) is 2. The van der Waals surface area contributed by atoms with Crippen molar-refractivity contribution in [2.75, 3.05) is 6.54 Å². The van der Waals surface area contributed by atoms with Crippen LogP contribution < -0.4 is 11.0 Å². The fraction of sp³-hybridized carbons (Fsp3) is 0.286. The summed E-state index contributed by atoms with van der Waals surface area (Å²) in [5.41, 5.74) is 0.641. The SMILES string of the molecule is O=C(CCc1n[nH]c(=O)[nH]1)NCCc1nc2ccccc2s1. The van der Waals surface area contributed by atoms with Crippen LogP contribution in [0.5, 0.6) is 0 Å². The summed E-state index contributed by atoms with van der Waals surface area (Å²) in [4.78, 5) is 29.6. The van der Waals surface area contributed by atoms with Gasteiger partial charge in [-0.3, -0.25) is 9.78 Å². The third kappa shape index (κ3) is 3.59. The smallest absolute Gasteiger partial charge is 0.340 e. The first-order valence-electron chi connectivity index (χ1n) is 6.95. The van der Waals surface area contributed by atoms with E-state index in [-0.39, 0.29) is 11.6 Å². The maximum absolute atomic E-state index is 11.7. The van der Waals surface area contributed by atoms with Crippen LogP contribution >= 0.6 is 11.3 Å². The number of hydrogen-bond acceptors (Lipinski definition) is 5. The van der Waals surface area contributed by atoms with Gasteiger partial charge in [0.1, 0.15) is 5.82 Å². The van der Waals surface area contributed by atoms with Crippen LogP contribution in [0.2, 0.25) is 0 Å². The van der Waals surface area contributed by atoms with Crippen molar-refractivity contribution < 1.29 is 4.79 Å². The molecule has 0 unspecified atom stereocenters. The Balaban J connectivity index is 1.44. The first kappa shape index (κ1) is 14.5. The van der Waals surface area contributed by atoms with Crippen LogP contribution in [0.25, 0.3) is 10.2 Å². The summed E-state index contributed by atoms with van der Waals surface area (Å²) >= 11 is 1.65. The van der Waals surface area contributed by atoms with Gasteiger partial charge in [0.15, 0.2) is 0 Å². The molecule has 0 fully saturated rings. The minimum atomic E-state index is -0.355. The third-order valence-electron chi connectivity index (χ3n) is 3.14. The monoisotopic (exact) mass is 317 g/mol. The molecule has 1 amide bonds. The van der Waals surface area contributed by atoms with E-state index in [0.717, 1.165) is 15.2 Å². The number of para-hydroxylation sites is 1. The zero-order valence-electron chi connectivity index (χ0n) is 11.8. The molecule has 0 saturated carbocycles. The molecular weight excluding hydrogens is 302 g/mol. The van der Waals surface area contributed by atoms with Gasteiger partial charge in [-0.2, -0.15) is 5.10 Å². The van der Waals surface area contributed by atoms with E-state index in [1.807, 2.05) is 24.3 Å². The fourth-order valence-corrected chi connectivity index (χ4v) is 3.05. The number of amides is 1. The summed E-state index contributed by atoms with van der Waals surface area (Å²) in [6.07, 6.45) is 1.41. The quantitative estimate of drug-likeness (QED) is 0.631. The Kier molecular flexibility index (Phi) is 4.29. The van der Waals surface area contributed by atoms with Crippen LogP contribution in [-0.4, -0.2) is 32.6 Å². The molecule has 0 saturated heterocycles. The molecule has 0 atom stereocenters. The molecule has 0 radical (unpaired) electrons. The van der Waals surface area contributed by atoms with Crippen molar-refractivity contribution in [2.45, 2.75) is 19.3 Å². The van der Waals surface area contributed by atoms with Crippen molar-refractivity contribution in [1.29, 1.82) is 0 Å². The summed E-state index contributed by atoms with van der Waals surface area (Å²) in [6.45, 7) is 0.551. The van der Waals surface area contributed by atoms with Gasteiger partial charge < -0.3 is 5.32 Å². The van der Waals surface area contributed by atoms with Crippen LogP contribution in [0.3, 0.4) is 0 Å². The molecule has 0 spiro atoms. The number of H-pyrrole nitrogens is 2. The fourth-order valence-electron chi connectivity index (χ4n) is 2.08. The highest BCUT2D eigenvalue weighted by Crippen LogP contribution is 2.21. The van der Waals surface area contributed by atoms with Gasteiger partial charge in [-0.1, -0.05) is 12.1 Å². The van der Waals surface area contributed by atoms with Crippen LogP contribution in [0.1, 0.15) is 17.3 Å². The second kappa shape index (κ2) is 6.52. The minimum Gasteiger partial charge on any atom is -0.356 e. The molecule has 0 aliphatic carbocycles. The Hall–Kier alpha value is -2.48. The number of rotatable bonds is 6. The molecule has 2 heterocycles. The Bertz CT molecular complexity index is 802. The van der Waals surface area contributed by atoms with Gasteiger partial charge in [0.2, 0.25) is 5.91 Å².